The molecule has 4 aromatic rings. The number of aliphatic hydroxyl groups is 1. The number of carbonyl (C=O) groups is 2. The number of rotatable bonds is 6. The Morgan fingerprint density at radius 1 is 1.11 bits per heavy atom. The number of hydrogen-bond donors (Lipinski definition) is 2. The normalized spacial score (nSPS) is 17.2. The number of benzene rings is 3. The average Bonchev–Trinajstić information content (AvgIpc) is 3.41. The first kappa shape index (κ1) is 24.2. The second-order valence-corrected chi connectivity index (χ2v) is 9.48. The Morgan fingerprint density at radius 3 is 2.51 bits per heavy atom. The molecule has 5 rings (SSSR count). The van der Waals surface area contributed by atoms with Gasteiger partial charge in [-0.1, -0.05) is 38.1 Å². The highest BCUT2D eigenvalue weighted by Crippen LogP contribution is 2.42. The molecular weight excluding hydrogens is 473 g/mol. The van der Waals surface area contributed by atoms with Gasteiger partial charge in [-0.05, 0) is 66.4 Å². The maximum Gasteiger partial charge on any atom is 0.302 e. The van der Waals surface area contributed by atoms with Crippen LogP contribution in [0.4, 0.5) is 10.3 Å². The number of hydrogen-bond acceptors (Lipinski definition) is 5. The van der Waals surface area contributed by atoms with E-state index in [0.29, 0.717) is 40.4 Å². The van der Waals surface area contributed by atoms with Gasteiger partial charge in [0.2, 0.25) is 5.95 Å². The Bertz CT molecular complexity index is 1510. The minimum Gasteiger partial charge on any atom is -0.507 e. The number of Topliss-reactive ketones (excluding diaryl/α,β-unsaturated/α-hetero) is 1. The summed E-state index contributed by atoms with van der Waals surface area (Å²) in [6, 6.07) is 16.8. The van der Waals surface area contributed by atoms with Gasteiger partial charge in [-0.25, -0.2) is 9.37 Å². The zero-order chi connectivity index (χ0) is 26.3. The number of aryl methyl sites for hydroxylation is 1. The van der Waals surface area contributed by atoms with Crippen LogP contribution >= 0.6 is 0 Å². The lowest BCUT2D eigenvalue weighted by molar-refractivity contribution is -0.132. The standard InChI is InChI=1S/C29H26FN3O4/c1-16(2)15-37-23-13-10-19(14-17(23)3)26(34)24-25(18-8-11-20(30)12-9-18)33(28(36)27(24)35)29-31-21-6-4-5-7-22(21)32-29/h4-14,16,25,34H,15H2,1-3H3,(H,31,32)/b26-24+. The van der Waals surface area contributed by atoms with E-state index in [1.807, 2.05) is 32.9 Å². The summed E-state index contributed by atoms with van der Waals surface area (Å²) in [5.41, 5.74) is 2.79. The number of amides is 1. The zero-order valence-electron chi connectivity index (χ0n) is 20.7. The lowest BCUT2D eigenvalue weighted by Gasteiger charge is -2.23. The number of ketones is 1. The summed E-state index contributed by atoms with van der Waals surface area (Å²) in [5, 5.41) is 11.4. The minimum atomic E-state index is -1.02. The van der Waals surface area contributed by atoms with E-state index in [2.05, 4.69) is 9.97 Å². The molecule has 0 spiro atoms. The van der Waals surface area contributed by atoms with E-state index in [1.54, 1.807) is 30.3 Å². The Morgan fingerprint density at radius 2 is 1.84 bits per heavy atom. The molecule has 1 fully saturated rings. The molecule has 0 bridgehead atoms. The highest BCUT2D eigenvalue weighted by atomic mass is 19.1. The number of nitrogens with zero attached hydrogens (tertiary/aromatic N) is 2. The Labute approximate surface area is 213 Å². The molecule has 1 aliphatic heterocycles. The number of H-pyrrole nitrogens is 1. The van der Waals surface area contributed by atoms with E-state index in [0.717, 1.165) is 5.56 Å². The first-order valence-electron chi connectivity index (χ1n) is 12.0. The highest BCUT2D eigenvalue weighted by molar-refractivity contribution is 6.51. The van der Waals surface area contributed by atoms with Gasteiger partial charge >= 0.3 is 5.91 Å². The quantitative estimate of drug-likeness (QED) is 0.202. The number of anilines is 1. The van der Waals surface area contributed by atoms with Crippen LogP contribution in [-0.4, -0.2) is 33.4 Å². The van der Waals surface area contributed by atoms with Crippen LogP contribution in [0.25, 0.3) is 16.8 Å². The first-order valence-corrected chi connectivity index (χ1v) is 12.0. The number of aromatic nitrogens is 2. The van der Waals surface area contributed by atoms with Crippen LogP contribution in [0, 0.1) is 18.7 Å². The number of halogens is 1. The molecule has 0 radical (unpaired) electrons. The number of nitrogens with one attached hydrogen (secondary N) is 1. The van der Waals surface area contributed by atoms with Crippen LogP contribution in [0.3, 0.4) is 0 Å². The van der Waals surface area contributed by atoms with Crippen LogP contribution in [0.5, 0.6) is 5.75 Å². The molecule has 0 aliphatic carbocycles. The van der Waals surface area contributed by atoms with E-state index in [9.17, 15) is 19.1 Å². The molecule has 37 heavy (non-hydrogen) atoms. The maximum atomic E-state index is 13.8. The van der Waals surface area contributed by atoms with Crippen molar-refractivity contribution in [2.75, 3.05) is 11.5 Å². The molecule has 2 N–H and O–H groups in total. The third-order valence-electron chi connectivity index (χ3n) is 6.26. The molecule has 8 heteroatoms. The fourth-order valence-electron chi connectivity index (χ4n) is 4.44. The summed E-state index contributed by atoms with van der Waals surface area (Å²) >= 11 is 0. The molecule has 0 saturated carbocycles. The maximum absolute atomic E-state index is 13.8. The number of aromatic amines is 1. The van der Waals surface area contributed by atoms with Gasteiger partial charge in [0.1, 0.15) is 17.3 Å². The van der Waals surface area contributed by atoms with Crippen molar-refractivity contribution >= 4 is 34.4 Å². The smallest absolute Gasteiger partial charge is 0.302 e. The van der Waals surface area contributed by atoms with Crippen LogP contribution in [0.2, 0.25) is 0 Å². The fourth-order valence-corrected chi connectivity index (χ4v) is 4.44. The van der Waals surface area contributed by atoms with Gasteiger partial charge in [-0.2, -0.15) is 0 Å². The SMILES string of the molecule is Cc1cc(/C(O)=C2\C(=O)C(=O)N(c3nc4ccccc4[nH]3)C2c2ccc(F)cc2)ccc1OCC(C)C. The Hall–Kier alpha value is -4.46. The molecule has 7 nitrogen and oxygen atoms in total. The number of ether oxygens (including phenoxy) is 1. The number of para-hydroxylation sites is 2. The summed E-state index contributed by atoms with van der Waals surface area (Å²) in [6.45, 7) is 6.48. The molecule has 1 atom stereocenters. The average molecular weight is 500 g/mol. The minimum absolute atomic E-state index is 0.104. The third-order valence-corrected chi connectivity index (χ3v) is 6.26. The van der Waals surface area contributed by atoms with E-state index >= 15 is 0 Å². The monoisotopic (exact) mass is 499 g/mol. The van der Waals surface area contributed by atoms with E-state index < -0.39 is 23.5 Å². The number of fused-ring (bicyclic) bond motifs is 1. The number of aliphatic hydroxyl groups excluding tert-OH is 1. The topological polar surface area (TPSA) is 95.5 Å². The van der Waals surface area contributed by atoms with Gasteiger partial charge in [0.25, 0.3) is 5.78 Å². The fraction of sp³-hybridized carbons (Fsp3) is 0.207. The molecule has 3 aromatic carbocycles. The number of imidazole rings is 1. The number of carbonyl (C=O) groups excluding carboxylic acids is 2. The summed E-state index contributed by atoms with van der Waals surface area (Å²) in [4.78, 5) is 35.5. The lowest BCUT2D eigenvalue weighted by Crippen LogP contribution is -2.30. The van der Waals surface area contributed by atoms with Crippen LogP contribution < -0.4 is 9.64 Å². The van der Waals surface area contributed by atoms with Crippen molar-refractivity contribution in [2.45, 2.75) is 26.8 Å². The third kappa shape index (κ3) is 4.46. The summed E-state index contributed by atoms with van der Waals surface area (Å²) in [5.74, 6) is -1.32. The van der Waals surface area contributed by atoms with Crippen molar-refractivity contribution in [1.82, 2.24) is 9.97 Å². The Balaban J connectivity index is 1.64. The van der Waals surface area contributed by atoms with Gasteiger partial charge in [0, 0.05) is 5.56 Å². The van der Waals surface area contributed by atoms with Gasteiger partial charge < -0.3 is 14.8 Å². The molecule has 2 heterocycles. The molecule has 1 aromatic heterocycles. The van der Waals surface area contributed by atoms with Gasteiger partial charge in [0.05, 0.1) is 29.3 Å². The van der Waals surface area contributed by atoms with Crippen molar-refractivity contribution < 1.29 is 23.8 Å². The lowest BCUT2D eigenvalue weighted by atomic mass is 9.95. The summed E-state index contributed by atoms with van der Waals surface area (Å²) in [7, 11) is 0. The van der Waals surface area contributed by atoms with Gasteiger partial charge in [-0.15, -0.1) is 0 Å². The molecule has 1 unspecified atom stereocenters. The molecular formula is C29H26FN3O4. The summed E-state index contributed by atoms with van der Waals surface area (Å²) in [6.07, 6.45) is 0. The Kier molecular flexibility index (Phi) is 6.25. The zero-order valence-corrected chi connectivity index (χ0v) is 20.7. The van der Waals surface area contributed by atoms with Crippen molar-refractivity contribution in [1.29, 1.82) is 0 Å². The van der Waals surface area contributed by atoms with E-state index in [-0.39, 0.29) is 17.3 Å². The molecule has 188 valence electrons. The van der Waals surface area contributed by atoms with Crippen molar-refractivity contribution in [3.05, 3.63) is 94.8 Å². The van der Waals surface area contributed by atoms with Crippen molar-refractivity contribution in [3.8, 4) is 5.75 Å². The highest BCUT2D eigenvalue weighted by Gasteiger charge is 2.48. The second-order valence-electron chi connectivity index (χ2n) is 9.48. The van der Waals surface area contributed by atoms with Crippen molar-refractivity contribution in [3.63, 3.8) is 0 Å². The van der Waals surface area contributed by atoms with Crippen LogP contribution in [0.1, 0.15) is 36.6 Å². The molecule has 1 saturated heterocycles. The van der Waals surface area contributed by atoms with Crippen LogP contribution in [0.15, 0.2) is 72.3 Å². The largest absolute Gasteiger partial charge is 0.507 e. The van der Waals surface area contributed by atoms with E-state index in [4.69, 9.17) is 4.74 Å². The van der Waals surface area contributed by atoms with Gasteiger partial charge in [0.15, 0.2) is 0 Å². The van der Waals surface area contributed by atoms with Gasteiger partial charge in [-0.3, -0.25) is 14.5 Å². The first-order chi connectivity index (χ1) is 17.7. The van der Waals surface area contributed by atoms with E-state index in [1.165, 1.54) is 29.2 Å². The summed E-state index contributed by atoms with van der Waals surface area (Å²) < 4.78 is 19.6. The predicted octanol–water partition coefficient (Wildman–Crippen LogP) is 5.67. The predicted molar refractivity (Wildman–Crippen MR) is 139 cm³/mol. The molecule has 1 amide bonds. The molecule has 1 aliphatic rings. The van der Waals surface area contributed by atoms with Crippen LogP contribution in [-0.2, 0) is 9.59 Å². The van der Waals surface area contributed by atoms with Crippen molar-refractivity contribution in [2.24, 2.45) is 5.92 Å². The second kappa shape index (κ2) is 9.54.